The van der Waals surface area contributed by atoms with Crippen LogP contribution in [0.3, 0.4) is 0 Å². The average molecular weight is 387 g/mol. The van der Waals surface area contributed by atoms with Gasteiger partial charge in [-0.05, 0) is 32.0 Å². The lowest BCUT2D eigenvalue weighted by molar-refractivity contribution is -0.115. The summed E-state index contributed by atoms with van der Waals surface area (Å²) in [6, 6.07) is 11.7. The van der Waals surface area contributed by atoms with E-state index < -0.39 is 5.91 Å². The molecule has 26 heavy (non-hydrogen) atoms. The van der Waals surface area contributed by atoms with Crippen molar-refractivity contribution in [3.8, 4) is 5.69 Å². The normalized spacial score (nSPS) is 10.8. The number of nitrogens with two attached hydrogens (primary N) is 1. The summed E-state index contributed by atoms with van der Waals surface area (Å²) in [6.07, 6.45) is 0. The van der Waals surface area contributed by atoms with Gasteiger partial charge in [-0.25, -0.2) is 9.97 Å². The summed E-state index contributed by atoms with van der Waals surface area (Å²) in [5.41, 5.74) is 8.06. The molecule has 0 spiro atoms. The van der Waals surface area contributed by atoms with Crippen LogP contribution < -0.4 is 5.73 Å². The van der Waals surface area contributed by atoms with Crippen LogP contribution in [-0.2, 0) is 10.5 Å². The van der Waals surface area contributed by atoms with E-state index in [9.17, 15) is 4.79 Å². The fourth-order valence-corrected chi connectivity index (χ4v) is 3.92. The van der Waals surface area contributed by atoms with Gasteiger partial charge < -0.3 is 5.73 Å². The number of nitrogens with zero attached hydrogens (tertiary/aromatic N) is 5. The summed E-state index contributed by atoms with van der Waals surface area (Å²) in [5, 5.41) is 9.86. The summed E-state index contributed by atoms with van der Waals surface area (Å²) in [4.78, 5) is 20.0. The molecule has 0 aliphatic heterocycles. The van der Waals surface area contributed by atoms with E-state index in [0.29, 0.717) is 16.1 Å². The van der Waals surface area contributed by atoms with Crippen LogP contribution in [0.5, 0.6) is 0 Å². The molecular weight excluding hydrogens is 368 g/mol. The minimum atomic E-state index is -0.392. The van der Waals surface area contributed by atoms with E-state index in [1.54, 1.807) is 0 Å². The third kappa shape index (κ3) is 4.61. The van der Waals surface area contributed by atoms with Crippen molar-refractivity contribution < 1.29 is 4.79 Å². The molecule has 134 valence electrons. The first-order valence-corrected chi connectivity index (χ1v) is 9.86. The number of thioether (sulfide) groups is 2. The van der Waals surface area contributed by atoms with E-state index in [1.807, 2.05) is 54.8 Å². The van der Waals surface area contributed by atoms with Gasteiger partial charge in [0.1, 0.15) is 5.82 Å². The molecule has 2 heterocycles. The monoisotopic (exact) mass is 386 g/mol. The van der Waals surface area contributed by atoms with Gasteiger partial charge in [0.2, 0.25) is 5.91 Å². The zero-order chi connectivity index (χ0) is 18.5. The van der Waals surface area contributed by atoms with Crippen molar-refractivity contribution in [1.29, 1.82) is 0 Å². The number of hydrogen-bond donors (Lipinski definition) is 1. The molecule has 2 aromatic heterocycles. The van der Waals surface area contributed by atoms with Crippen LogP contribution in [0.15, 0.2) is 46.7 Å². The number of aromatic nitrogens is 5. The van der Waals surface area contributed by atoms with Gasteiger partial charge in [0.25, 0.3) is 0 Å². The molecule has 0 aliphatic carbocycles. The molecule has 0 saturated carbocycles. The number of para-hydroxylation sites is 1. The van der Waals surface area contributed by atoms with Crippen molar-refractivity contribution in [2.24, 2.45) is 5.73 Å². The van der Waals surface area contributed by atoms with Gasteiger partial charge in [-0.15, -0.1) is 10.2 Å². The maximum absolute atomic E-state index is 11.1. The number of benzene rings is 1. The molecule has 3 aromatic rings. The lowest BCUT2D eigenvalue weighted by Crippen LogP contribution is -2.13. The van der Waals surface area contributed by atoms with Crippen molar-refractivity contribution in [1.82, 2.24) is 24.7 Å². The zero-order valence-electron chi connectivity index (χ0n) is 14.4. The predicted molar refractivity (Wildman–Crippen MR) is 102 cm³/mol. The molecule has 0 fully saturated rings. The van der Waals surface area contributed by atoms with Gasteiger partial charge >= 0.3 is 0 Å². The Bertz CT molecular complexity index is 893. The van der Waals surface area contributed by atoms with E-state index in [0.717, 1.165) is 22.9 Å². The fourth-order valence-electron chi connectivity index (χ4n) is 2.35. The van der Waals surface area contributed by atoms with Gasteiger partial charge in [-0.2, -0.15) is 0 Å². The molecule has 0 radical (unpaired) electrons. The van der Waals surface area contributed by atoms with Crippen molar-refractivity contribution >= 4 is 29.4 Å². The first-order valence-electron chi connectivity index (χ1n) is 7.89. The fraction of sp³-hybridized carbons (Fsp3) is 0.235. The summed E-state index contributed by atoms with van der Waals surface area (Å²) in [5.74, 6) is 1.08. The van der Waals surface area contributed by atoms with Crippen LogP contribution >= 0.6 is 23.5 Å². The van der Waals surface area contributed by atoms with Gasteiger partial charge in [0.05, 0.1) is 11.5 Å². The Labute approximate surface area is 159 Å². The molecule has 3 rings (SSSR count). The van der Waals surface area contributed by atoms with Crippen LogP contribution in [0.4, 0.5) is 0 Å². The first-order chi connectivity index (χ1) is 12.5. The molecule has 0 bridgehead atoms. The molecule has 7 nitrogen and oxygen atoms in total. The second-order valence-electron chi connectivity index (χ2n) is 5.55. The van der Waals surface area contributed by atoms with E-state index >= 15 is 0 Å². The standard InChI is InChI=1S/C17H18N6OS2/c1-11-8-12(2)20-16(19-11)25-10-15-21-22-17(26-9-14(18)24)23(15)13-6-4-3-5-7-13/h3-8H,9-10H2,1-2H3,(H2,18,24). The van der Waals surface area contributed by atoms with Crippen molar-refractivity contribution in [2.45, 2.75) is 29.9 Å². The quantitative estimate of drug-likeness (QED) is 0.492. The van der Waals surface area contributed by atoms with Crippen molar-refractivity contribution in [3.63, 3.8) is 0 Å². The second kappa shape index (κ2) is 8.33. The topological polar surface area (TPSA) is 99.6 Å². The summed E-state index contributed by atoms with van der Waals surface area (Å²) in [6.45, 7) is 3.90. The highest BCUT2D eigenvalue weighted by Crippen LogP contribution is 2.26. The Hall–Kier alpha value is -2.39. The molecule has 2 N–H and O–H groups in total. The molecule has 0 atom stereocenters. The SMILES string of the molecule is Cc1cc(C)nc(SCc2nnc(SCC(N)=O)n2-c2ccccc2)n1. The van der Waals surface area contributed by atoms with Crippen LogP contribution in [0, 0.1) is 13.8 Å². The number of rotatable bonds is 7. The Morgan fingerprint density at radius 1 is 1.08 bits per heavy atom. The second-order valence-corrected chi connectivity index (χ2v) is 7.43. The number of carbonyl (C=O) groups is 1. The number of aryl methyl sites for hydroxylation is 2. The maximum atomic E-state index is 11.1. The van der Waals surface area contributed by atoms with Gasteiger partial charge in [-0.3, -0.25) is 9.36 Å². The molecule has 0 unspecified atom stereocenters. The highest BCUT2D eigenvalue weighted by Gasteiger charge is 2.16. The predicted octanol–water partition coefficient (Wildman–Crippen LogP) is 2.54. The summed E-state index contributed by atoms with van der Waals surface area (Å²) in [7, 11) is 0. The zero-order valence-corrected chi connectivity index (χ0v) is 16.0. The third-order valence-electron chi connectivity index (χ3n) is 3.35. The first kappa shape index (κ1) is 18.4. The van der Waals surface area contributed by atoms with E-state index in [1.165, 1.54) is 23.5 Å². The van der Waals surface area contributed by atoms with Crippen LogP contribution in [0.25, 0.3) is 5.69 Å². The molecule has 1 amide bonds. The lowest BCUT2D eigenvalue weighted by Gasteiger charge is -2.09. The molecule has 0 aliphatic rings. The minimum Gasteiger partial charge on any atom is -0.369 e. The number of hydrogen-bond acceptors (Lipinski definition) is 7. The van der Waals surface area contributed by atoms with Gasteiger partial charge in [0.15, 0.2) is 10.3 Å². The van der Waals surface area contributed by atoms with E-state index in [-0.39, 0.29) is 5.75 Å². The Morgan fingerprint density at radius 3 is 2.42 bits per heavy atom. The number of primary amides is 1. The van der Waals surface area contributed by atoms with E-state index in [2.05, 4.69) is 20.2 Å². The largest absolute Gasteiger partial charge is 0.369 e. The van der Waals surface area contributed by atoms with Crippen molar-refractivity contribution in [3.05, 3.63) is 53.6 Å². The maximum Gasteiger partial charge on any atom is 0.227 e. The third-order valence-corrected chi connectivity index (χ3v) is 5.15. The van der Waals surface area contributed by atoms with Crippen LogP contribution in [0.2, 0.25) is 0 Å². The van der Waals surface area contributed by atoms with Gasteiger partial charge in [-0.1, -0.05) is 41.7 Å². The Kier molecular flexibility index (Phi) is 5.89. The minimum absolute atomic E-state index is 0.151. The van der Waals surface area contributed by atoms with Gasteiger partial charge in [0, 0.05) is 17.1 Å². The smallest absolute Gasteiger partial charge is 0.227 e. The Morgan fingerprint density at radius 2 is 1.77 bits per heavy atom. The Balaban J connectivity index is 1.87. The van der Waals surface area contributed by atoms with Crippen molar-refractivity contribution in [2.75, 3.05) is 5.75 Å². The van der Waals surface area contributed by atoms with E-state index in [4.69, 9.17) is 5.73 Å². The summed E-state index contributed by atoms with van der Waals surface area (Å²) < 4.78 is 1.93. The lowest BCUT2D eigenvalue weighted by atomic mass is 10.3. The highest BCUT2D eigenvalue weighted by molar-refractivity contribution is 7.99. The molecule has 9 heteroatoms. The molecular formula is C17H18N6OS2. The number of carbonyl (C=O) groups excluding carboxylic acids is 1. The van der Waals surface area contributed by atoms with Crippen LogP contribution in [-0.4, -0.2) is 36.4 Å². The summed E-state index contributed by atoms with van der Waals surface area (Å²) >= 11 is 2.77. The average Bonchev–Trinajstić information content (AvgIpc) is 3.01. The number of amides is 1. The van der Waals surface area contributed by atoms with Crippen LogP contribution in [0.1, 0.15) is 17.2 Å². The highest BCUT2D eigenvalue weighted by atomic mass is 32.2. The molecule has 1 aromatic carbocycles. The molecule has 0 saturated heterocycles.